The van der Waals surface area contributed by atoms with Gasteiger partial charge < -0.3 is 4.74 Å². The van der Waals surface area contributed by atoms with Gasteiger partial charge in [0.25, 0.3) is 10.0 Å². The van der Waals surface area contributed by atoms with Crippen LogP contribution in [0, 0.1) is 5.82 Å². The number of ether oxygens (including phenoxy) is 1. The molecule has 2 heterocycles. The topological polar surface area (TPSA) is 46.6 Å². The molecule has 1 aliphatic rings. The van der Waals surface area contributed by atoms with Gasteiger partial charge in [-0.15, -0.1) is 11.3 Å². The van der Waals surface area contributed by atoms with Crippen molar-refractivity contribution in [3.63, 3.8) is 0 Å². The van der Waals surface area contributed by atoms with Crippen molar-refractivity contribution in [3.05, 3.63) is 52.7 Å². The molecule has 0 spiro atoms. The number of benzene rings is 1. The Labute approximate surface area is 139 Å². The van der Waals surface area contributed by atoms with E-state index in [9.17, 15) is 12.8 Å². The zero-order valence-electron chi connectivity index (χ0n) is 12.7. The standard InChI is InChI=1S/C16H18FNO3S2/c1-2-12-7-8-16(22-12)23(19,20)18-9-10-21-15(11-18)13-5-3-4-6-14(13)17/h3-8,15H,2,9-11H2,1H3. The molecule has 0 bridgehead atoms. The first-order valence-corrected chi connectivity index (χ1v) is 9.73. The van der Waals surface area contributed by atoms with Gasteiger partial charge in [0.05, 0.1) is 12.7 Å². The average molecular weight is 355 g/mol. The number of thiophene rings is 1. The van der Waals surface area contributed by atoms with E-state index in [2.05, 4.69) is 0 Å². The van der Waals surface area contributed by atoms with Crippen molar-refractivity contribution in [1.29, 1.82) is 0 Å². The van der Waals surface area contributed by atoms with Crippen molar-refractivity contribution in [3.8, 4) is 0 Å². The molecule has 0 amide bonds. The third kappa shape index (κ3) is 3.33. The number of halogens is 1. The molecule has 1 aromatic heterocycles. The second-order valence-corrected chi connectivity index (χ2v) is 8.65. The molecule has 0 saturated carbocycles. The first-order valence-electron chi connectivity index (χ1n) is 7.47. The summed E-state index contributed by atoms with van der Waals surface area (Å²) in [5.74, 6) is -0.374. The lowest BCUT2D eigenvalue weighted by atomic mass is 10.1. The van der Waals surface area contributed by atoms with Crippen LogP contribution in [-0.4, -0.2) is 32.4 Å². The summed E-state index contributed by atoms with van der Waals surface area (Å²) in [7, 11) is -3.56. The molecular weight excluding hydrogens is 337 g/mol. The summed E-state index contributed by atoms with van der Waals surface area (Å²) in [4.78, 5) is 1.03. The molecule has 1 atom stereocenters. The Morgan fingerprint density at radius 1 is 1.30 bits per heavy atom. The number of morpholine rings is 1. The molecule has 4 nitrogen and oxygen atoms in total. The molecule has 0 N–H and O–H groups in total. The van der Waals surface area contributed by atoms with Crippen molar-refractivity contribution >= 4 is 21.4 Å². The average Bonchev–Trinajstić information content (AvgIpc) is 3.05. The van der Waals surface area contributed by atoms with Crippen LogP contribution in [0.4, 0.5) is 4.39 Å². The van der Waals surface area contributed by atoms with Gasteiger partial charge in [-0.1, -0.05) is 25.1 Å². The SMILES string of the molecule is CCc1ccc(S(=O)(=O)N2CCOC(c3ccccc3F)C2)s1. The van der Waals surface area contributed by atoms with Crippen LogP contribution in [0.2, 0.25) is 0 Å². The molecule has 1 fully saturated rings. The zero-order valence-corrected chi connectivity index (χ0v) is 14.4. The van der Waals surface area contributed by atoms with E-state index < -0.39 is 16.1 Å². The molecule has 23 heavy (non-hydrogen) atoms. The summed E-state index contributed by atoms with van der Waals surface area (Å²) in [5, 5.41) is 0. The molecule has 1 saturated heterocycles. The van der Waals surface area contributed by atoms with E-state index >= 15 is 0 Å². The highest BCUT2D eigenvalue weighted by Gasteiger charge is 2.33. The van der Waals surface area contributed by atoms with E-state index in [1.165, 1.54) is 21.7 Å². The summed E-state index contributed by atoms with van der Waals surface area (Å²) < 4.78 is 46.8. The summed E-state index contributed by atoms with van der Waals surface area (Å²) in [6, 6.07) is 9.81. The van der Waals surface area contributed by atoms with Crippen LogP contribution in [0.5, 0.6) is 0 Å². The van der Waals surface area contributed by atoms with Gasteiger partial charge in [-0.2, -0.15) is 4.31 Å². The van der Waals surface area contributed by atoms with E-state index in [0.717, 1.165) is 11.3 Å². The smallest absolute Gasteiger partial charge is 0.252 e. The van der Waals surface area contributed by atoms with Gasteiger partial charge >= 0.3 is 0 Å². The molecule has 0 radical (unpaired) electrons. The van der Waals surface area contributed by atoms with Gasteiger partial charge in [0, 0.05) is 23.5 Å². The normalized spacial score (nSPS) is 19.8. The van der Waals surface area contributed by atoms with Gasteiger partial charge in [0.2, 0.25) is 0 Å². The lowest BCUT2D eigenvalue weighted by Gasteiger charge is -2.32. The maximum absolute atomic E-state index is 13.9. The second-order valence-electron chi connectivity index (χ2n) is 5.32. The highest BCUT2D eigenvalue weighted by Crippen LogP contribution is 2.30. The second kappa shape index (κ2) is 6.68. The van der Waals surface area contributed by atoms with Crippen molar-refractivity contribution < 1.29 is 17.5 Å². The fraction of sp³-hybridized carbons (Fsp3) is 0.375. The Morgan fingerprint density at radius 3 is 2.78 bits per heavy atom. The lowest BCUT2D eigenvalue weighted by molar-refractivity contribution is -0.00437. The fourth-order valence-electron chi connectivity index (χ4n) is 2.58. The largest absolute Gasteiger partial charge is 0.371 e. The van der Waals surface area contributed by atoms with E-state index in [0.29, 0.717) is 9.77 Å². The Bertz CT molecular complexity index is 788. The van der Waals surface area contributed by atoms with Gasteiger partial charge in [-0.3, -0.25) is 0 Å². The maximum Gasteiger partial charge on any atom is 0.252 e. The monoisotopic (exact) mass is 355 g/mol. The number of hydrogen-bond donors (Lipinski definition) is 0. The molecule has 124 valence electrons. The fourth-order valence-corrected chi connectivity index (χ4v) is 5.46. The molecule has 1 unspecified atom stereocenters. The predicted molar refractivity (Wildman–Crippen MR) is 87.5 cm³/mol. The van der Waals surface area contributed by atoms with Crippen LogP contribution < -0.4 is 0 Å². The first-order chi connectivity index (χ1) is 11.0. The Hall–Kier alpha value is -1.28. The number of nitrogens with zero attached hydrogens (tertiary/aromatic N) is 1. The lowest BCUT2D eigenvalue weighted by Crippen LogP contribution is -2.42. The van der Waals surface area contributed by atoms with Gasteiger partial charge in [0.15, 0.2) is 0 Å². The summed E-state index contributed by atoms with van der Waals surface area (Å²) in [5.41, 5.74) is 0.396. The van der Waals surface area contributed by atoms with Gasteiger partial charge in [-0.05, 0) is 24.6 Å². The minimum absolute atomic E-state index is 0.128. The molecule has 3 rings (SSSR count). The van der Waals surface area contributed by atoms with Gasteiger partial charge in [-0.25, -0.2) is 12.8 Å². The molecule has 1 aliphatic heterocycles. The van der Waals surface area contributed by atoms with E-state index in [1.807, 2.05) is 13.0 Å². The van der Waals surface area contributed by atoms with Crippen molar-refractivity contribution in [2.75, 3.05) is 19.7 Å². The maximum atomic E-state index is 13.9. The van der Waals surface area contributed by atoms with Crippen LogP contribution >= 0.6 is 11.3 Å². The molecule has 1 aromatic carbocycles. The van der Waals surface area contributed by atoms with E-state index in [1.54, 1.807) is 24.3 Å². The minimum atomic E-state index is -3.56. The van der Waals surface area contributed by atoms with Crippen LogP contribution in [0.1, 0.15) is 23.5 Å². The summed E-state index contributed by atoms with van der Waals surface area (Å²) >= 11 is 1.29. The van der Waals surface area contributed by atoms with Crippen LogP contribution in [-0.2, 0) is 21.2 Å². The van der Waals surface area contributed by atoms with Crippen molar-refractivity contribution in [2.45, 2.75) is 23.7 Å². The molecular formula is C16H18FNO3S2. The molecule has 0 aliphatic carbocycles. The van der Waals surface area contributed by atoms with Gasteiger partial charge in [0.1, 0.15) is 10.0 Å². The quantitative estimate of drug-likeness (QED) is 0.846. The van der Waals surface area contributed by atoms with Crippen LogP contribution in [0.25, 0.3) is 0 Å². The number of rotatable bonds is 4. The molecule has 7 heteroatoms. The van der Waals surface area contributed by atoms with E-state index in [4.69, 9.17) is 4.74 Å². The van der Waals surface area contributed by atoms with Crippen molar-refractivity contribution in [2.24, 2.45) is 0 Å². The number of sulfonamides is 1. The highest BCUT2D eigenvalue weighted by atomic mass is 32.2. The third-order valence-corrected chi connectivity index (χ3v) is 7.42. The molecule has 2 aromatic rings. The van der Waals surface area contributed by atoms with Crippen LogP contribution in [0.3, 0.4) is 0 Å². The summed E-state index contributed by atoms with van der Waals surface area (Å²) in [6.07, 6.45) is 0.228. The minimum Gasteiger partial charge on any atom is -0.371 e. The Balaban J connectivity index is 1.84. The summed E-state index contributed by atoms with van der Waals surface area (Å²) in [6.45, 7) is 2.66. The zero-order chi connectivity index (χ0) is 16.4. The predicted octanol–water partition coefficient (Wildman–Crippen LogP) is 3.21. The van der Waals surface area contributed by atoms with Crippen LogP contribution in [0.15, 0.2) is 40.6 Å². The number of hydrogen-bond acceptors (Lipinski definition) is 4. The third-order valence-electron chi connectivity index (χ3n) is 3.86. The Morgan fingerprint density at radius 2 is 2.09 bits per heavy atom. The number of aryl methyl sites for hydroxylation is 1. The first kappa shape index (κ1) is 16.6. The van der Waals surface area contributed by atoms with Crippen molar-refractivity contribution in [1.82, 2.24) is 4.31 Å². The highest BCUT2D eigenvalue weighted by molar-refractivity contribution is 7.91. The Kier molecular flexibility index (Phi) is 4.82. The van der Waals surface area contributed by atoms with E-state index in [-0.39, 0.29) is 25.5 Å².